The maximum Gasteiger partial charge on any atom is 0.226 e. The molecule has 3 aliphatic rings. The molecule has 5 heteroatoms. The standard InChI is InChI=1S/C19H26N2O3/c1-19(2)11-21(6-5-17(19)20)18(22)14-10-13(14)12-3-4-15-16(9-12)24-8-7-23-15/h3-4,9,13-14,17H,5-8,10-11,20H2,1-2H3. The molecule has 1 aliphatic carbocycles. The van der Waals surface area contributed by atoms with E-state index in [1.165, 1.54) is 5.56 Å². The van der Waals surface area contributed by atoms with Crippen molar-refractivity contribution in [2.24, 2.45) is 17.1 Å². The van der Waals surface area contributed by atoms with Crippen molar-refractivity contribution >= 4 is 5.91 Å². The molecule has 3 atom stereocenters. The van der Waals surface area contributed by atoms with Gasteiger partial charge in [0.1, 0.15) is 13.2 Å². The Labute approximate surface area is 143 Å². The van der Waals surface area contributed by atoms with Crippen LogP contribution < -0.4 is 15.2 Å². The van der Waals surface area contributed by atoms with E-state index in [0.717, 1.165) is 37.4 Å². The highest BCUT2D eigenvalue weighted by Crippen LogP contribution is 2.50. The van der Waals surface area contributed by atoms with Crippen molar-refractivity contribution in [2.45, 2.75) is 38.6 Å². The second kappa shape index (κ2) is 5.66. The van der Waals surface area contributed by atoms with Crippen molar-refractivity contribution in [3.8, 4) is 11.5 Å². The molecule has 0 spiro atoms. The second-order valence-corrected chi connectivity index (χ2v) is 8.00. The fourth-order valence-electron chi connectivity index (χ4n) is 3.92. The molecule has 1 aromatic carbocycles. The van der Waals surface area contributed by atoms with E-state index in [2.05, 4.69) is 19.9 Å². The zero-order chi connectivity index (χ0) is 16.9. The summed E-state index contributed by atoms with van der Waals surface area (Å²) >= 11 is 0. The summed E-state index contributed by atoms with van der Waals surface area (Å²) in [6.07, 6.45) is 1.82. The number of carbonyl (C=O) groups excluding carboxylic acids is 1. The third kappa shape index (κ3) is 2.75. The lowest BCUT2D eigenvalue weighted by molar-refractivity contribution is -0.136. The SMILES string of the molecule is CC1(C)CN(C(=O)C2CC2c2ccc3c(c2)OCCO3)CCC1N. The van der Waals surface area contributed by atoms with Gasteiger partial charge in [-0.25, -0.2) is 0 Å². The predicted molar refractivity (Wildman–Crippen MR) is 91.2 cm³/mol. The molecule has 4 rings (SSSR count). The largest absolute Gasteiger partial charge is 0.486 e. The summed E-state index contributed by atoms with van der Waals surface area (Å²) in [5.41, 5.74) is 7.37. The Hall–Kier alpha value is -1.75. The van der Waals surface area contributed by atoms with Crippen molar-refractivity contribution in [2.75, 3.05) is 26.3 Å². The number of rotatable bonds is 2. The van der Waals surface area contributed by atoms with Crippen molar-refractivity contribution in [1.29, 1.82) is 0 Å². The lowest BCUT2D eigenvalue weighted by Gasteiger charge is -2.42. The number of nitrogens with zero attached hydrogens (tertiary/aromatic N) is 1. The number of carbonyl (C=O) groups is 1. The van der Waals surface area contributed by atoms with Gasteiger partial charge in [0, 0.05) is 25.0 Å². The first-order valence-corrected chi connectivity index (χ1v) is 8.89. The Morgan fingerprint density at radius 1 is 1.25 bits per heavy atom. The summed E-state index contributed by atoms with van der Waals surface area (Å²) in [5, 5.41) is 0. The number of amides is 1. The van der Waals surface area contributed by atoms with Crippen LogP contribution in [-0.2, 0) is 4.79 Å². The molecule has 5 nitrogen and oxygen atoms in total. The number of nitrogens with two attached hydrogens (primary N) is 1. The Kier molecular flexibility index (Phi) is 3.71. The number of fused-ring (bicyclic) bond motifs is 1. The van der Waals surface area contributed by atoms with Crippen LogP contribution in [0.25, 0.3) is 0 Å². The smallest absolute Gasteiger partial charge is 0.226 e. The molecule has 0 radical (unpaired) electrons. The molecule has 130 valence electrons. The normalized spacial score (nSPS) is 30.8. The Morgan fingerprint density at radius 2 is 2.00 bits per heavy atom. The molecule has 2 aliphatic heterocycles. The van der Waals surface area contributed by atoms with Crippen LogP contribution in [0.15, 0.2) is 18.2 Å². The van der Waals surface area contributed by atoms with E-state index in [1.807, 2.05) is 17.0 Å². The van der Waals surface area contributed by atoms with Crippen LogP contribution >= 0.6 is 0 Å². The first-order valence-electron chi connectivity index (χ1n) is 8.89. The average molecular weight is 330 g/mol. The first kappa shape index (κ1) is 15.8. The van der Waals surface area contributed by atoms with Crippen LogP contribution in [0.3, 0.4) is 0 Å². The first-order chi connectivity index (χ1) is 11.5. The molecule has 2 fully saturated rings. The van der Waals surface area contributed by atoms with Gasteiger partial charge in [-0.15, -0.1) is 0 Å². The summed E-state index contributed by atoms with van der Waals surface area (Å²) in [5.74, 6) is 2.32. The fraction of sp³-hybridized carbons (Fsp3) is 0.632. The molecule has 2 heterocycles. The van der Waals surface area contributed by atoms with E-state index in [9.17, 15) is 4.79 Å². The van der Waals surface area contributed by atoms with Gasteiger partial charge in [-0.05, 0) is 41.9 Å². The van der Waals surface area contributed by atoms with Crippen LogP contribution in [0, 0.1) is 11.3 Å². The topological polar surface area (TPSA) is 64.8 Å². The summed E-state index contributed by atoms with van der Waals surface area (Å²) in [7, 11) is 0. The van der Waals surface area contributed by atoms with Crippen LogP contribution in [0.2, 0.25) is 0 Å². The molecule has 2 N–H and O–H groups in total. The number of hydrogen-bond donors (Lipinski definition) is 1. The molecular weight excluding hydrogens is 304 g/mol. The molecule has 24 heavy (non-hydrogen) atoms. The Bertz CT molecular complexity index is 658. The van der Waals surface area contributed by atoms with E-state index >= 15 is 0 Å². The maximum atomic E-state index is 12.9. The molecule has 0 aromatic heterocycles. The van der Waals surface area contributed by atoms with E-state index in [1.54, 1.807) is 0 Å². The quantitative estimate of drug-likeness (QED) is 0.902. The van der Waals surface area contributed by atoms with Crippen LogP contribution in [0.4, 0.5) is 0 Å². The van der Waals surface area contributed by atoms with Crippen molar-refractivity contribution in [1.82, 2.24) is 4.90 Å². The van der Waals surface area contributed by atoms with Crippen molar-refractivity contribution in [3.63, 3.8) is 0 Å². The van der Waals surface area contributed by atoms with Gasteiger partial charge in [0.2, 0.25) is 5.91 Å². The highest BCUT2D eigenvalue weighted by Gasteiger charge is 2.48. The third-order valence-corrected chi connectivity index (χ3v) is 5.73. The fourth-order valence-corrected chi connectivity index (χ4v) is 3.92. The highest BCUT2D eigenvalue weighted by atomic mass is 16.6. The lowest BCUT2D eigenvalue weighted by Crippen LogP contribution is -2.54. The van der Waals surface area contributed by atoms with Crippen molar-refractivity contribution in [3.05, 3.63) is 23.8 Å². The average Bonchev–Trinajstić information content (AvgIpc) is 3.37. The molecule has 1 amide bonds. The third-order valence-electron chi connectivity index (χ3n) is 5.73. The zero-order valence-corrected chi connectivity index (χ0v) is 14.5. The molecule has 1 saturated carbocycles. The summed E-state index contributed by atoms with van der Waals surface area (Å²) in [4.78, 5) is 14.9. The van der Waals surface area contributed by atoms with E-state index in [0.29, 0.717) is 19.1 Å². The Morgan fingerprint density at radius 3 is 2.75 bits per heavy atom. The molecule has 3 unspecified atom stereocenters. The van der Waals surface area contributed by atoms with Crippen LogP contribution in [0.5, 0.6) is 11.5 Å². The van der Waals surface area contributed by atoms with Gasteiger partial charge in [-0.2, -0.15) is 0 Å². The van der Waals surface area contributed by atoms with Gasteiger partial charge >= 0.3 is 0 Å². The summed E-state index contributed by atoms with van der Waals surface area (Å²) in [6, 6.07) is 6.26. The van der Waals surface area contributed by atoms with Crippen LogP contribution in [0.1, 0.15) is 38.2 Å². The molecule has 1 saturated heterocycles. The van der Waals surface area contributed by atoms with E-state index in [4.69, 9.17) is 15.2 Å². The number of piperidine rings is 1. The number of hydrogen-bond acceptors (Lipinski definition) is 4. The van der Waals surface area contributed by atoms with E-state index in [-0.39, 0.29) is 23.3 Å². The van der Waals surface area contributed by atoms with Crippen molar-refractivity contribution < 1.29 is 14.3 Å². The lowest BCUT2D eigenvalue weighted by atomic mass is 9.79. The minimum absolute atomic E-state index is 0.00467. The maximum absolute atomic E-state index is 12.9. The monoisotopic (exact) mass is 330 g/mol. The second-order valence-electron chi connectivity index (χ2n) is 8.00. The zero-order valence-electron chi connectivity index (χ0n) is 14.5. The van der Waals surface area contributed by atoms with Gasteiger partial charge in [-0.3, -0.25) is 4.79 Å². The molecule has 0 bridgehead atoms. The Balaban J connectivity index is 1.44. The number of ether oxygens (including phenoxy) is 2. The van der Waals surface area contributed by atoms with Gasteiger partial charge in [0.15, 0.2) is 11.5 Å². The van der Waals surface area contributed by atoms with Crippen LogP contribution in [-0.4, -0.2) is 43.2 Å². The summed E-state index contributed by atoms with van der Waals surface area (Å²) < 4.78 is 11.2. The highest BCUT2D eigenvalue weighted by molar-refractivity contribution is 5.83. The van der Waals surface area contributed by atoms with Gasteiger partial charge < -0.3 is 20.1 Å². The number of likely N-dealkylation sites (tertiary alicyclic amines) is 1. The molecule has 1 aromatic rings. The minimum Gasteiger partial charge on any atom is -0.486 e. The molecular formula is C19H26N2O3. The predicted octanol–water partition coefficient (Wildman–Crippen LogP) is 2.15. The summed E-state index contributed by atoms with van der Waals surface area (Å²) in [6.45, 7) is 7.05. The van der Waals surface area contributed by atoms with E-state index < -0.39 is 0 Å². The number of benzene rings is 1. The minimum atomic E-state index is -0.00467. The van der Waals surface area contributed by atoms with Gasteiger partial charge in [0.05, 0.1) is 0 Å². The van der Waals surface area contributed by atoms with Gasteiger partial charge in [0.25, 0.3) is 0 Å². The van der Waals surface area contributed by atoms with Gasteiger partial charge in [-0.1, -0.05) is 19.9 Å².